The van der Waals surface area contributed by atoms with Crippen molar-refractivity contribution < 1.29 is 19.0 Å². The number of ether oxygens (including phenoxy) is 1. The first-order valence-corrected chi connectivity index (χ1v) is 10.3. The lowest BCUT2D eigenvalue weighted by Crippen LogP contribution is -2.41. The molecule has 9 heteroatoms. The minimum absolute atomic E-state index is 0.101. The van der Waals surface area contributed by atoms with Gasteiger partial charge in [0, 0.05) is 18.0 Å². The Hall–Kier alpha value is -3.59. The van der Waals surface area contributed by atoms with E-state index < -0.39 is 18.2 Å². The van der Waals surface area contributed by atoms with Crippen molar-refractivity contribution in [3.05, 3.63) is 65.9 Å². The second-order valence-electron chi connectivity index (χ2n) is 7.80. The van der Waals surface area contributed by atoms with E-state index in [1.54, 1.807) is 38.2 Å². The molecule has 3 aromatic rings. The van der Waals surface area contributed by atoms with Gasteiger partial charge in [-0.05, 0) is 56.2 Å². The van der Waals surface area contributed by atoms with Crippen molar-refractivity contribution in [1.29, 1.82) is 0 Å². The molecule has 0 bridgehead atoms. The van der Waals surface area contributed by atoms with E-state index in [1.165, 1.54) is 17.2 Å². The van der Waals surface area contributed by atoms with E-state index in [2.05, 4.69) is 20.3 Å². The van der Waals surface area contributed by atoms with Gasteiger partial charge in [-0.3, -0.25) is 9.88 Å². The zero-order valence-corrected chi connectivity index (χ0v) is 18.0. The van der Waals surface area contributed by atoms with E-state index in [0.29, 0.717) is 17.3 Å². The summed E-state index contributed by atoms with van der Waals surface area (Å²) in [6, 6.07) is 9.65. The number of pyridine rings is 1. The molecule has 3 atom stereocenters. The van der Waals surface area contributed by atoms with Gasteiger partial charge in [0.2, 0.25) is 5.95 Å². The van der Waals surface area contributed by atoms with Crippen molar-refractivity contribution in [2.45, 2.75) is 39.0 Å². The first-order valence-electron chi connectivity index (χ1n) is 10.3. The van der Waals surface area contributed by atoms with Gasteiger partial charge >= 0.3 is 6.09 Å². The number of aliphatic hydroxyl groups excluding tert-OH is 1. The van der Waals surface area contributed by atoms with Gasteiger partial charge in [-0.25, -0.2) is 14.2 Å². The van der Waals surface area contributed by atoms with Crippen molar-refractivity contribution in [1.82, 2.24) is 15.0 Å². The van der Waals surface area contributed by atoms with Gasteiger partial charge in [-0.1, -0.05) is 12.1 Å². The summed E-state index contributed by atoms with van der Waals surface area (Å²) in [7, 11) is 0. The number of nitrogens with one attached hydrogen (secondary N) is 1. The Balaban J connectivity index is 1.49. The predicted molar refractivity (Wildman–Crippen MR) is 118 cm³/mol. The number of aliphatic hydroxyl groups is 1. The number of rotatable bonds is 6. The standard InChI is InChI=1S/C23H24FN5O3/c1-13-10-16(4-6-18(13)24)17-5-7-19(26-11-17)14(2)27-22-25-9-8-21(28-22)29-20(15(3)30)12-32-23(29)31/h4-11,14-15,20,30H,12H2,1-3H3,(H,25,27,28)/t14-,15+,20?/m0/s1. The molecule has 4 rings (SSSR count). The van der Waals surface area contributed by atoms with Crippen LogP contribution in [-0.4, -0.2) is 44.9 Å². The number of aromatic nitrogens is 3. The van der Waals surface area contributed by atoms with Gasteiger partial charge in [0.05, 0.1) is 17.8 Å². The maximum Gasteiger partial charge on any atom is 0.416 e. The van der Waals surface area contributed by atoms with E-state index in [9.17, 15) is 14.3 Å². The largest absolute Gasteiger partial charge is 0.447 e. The van der Waals surface area contributed by atoms with E-state index in [-0.39, 0.29) is 18.5 Å². The number of carbonyl (C=O) groups excluding carboxylic acids is 1. The van der Waals surface area contributed by atoms with Crippen LogP contribution in [0.15, 0.2) is 48.8 Å². The van der Waals surface area contributed by atoms with E-state index in [4.69, 9.17) is 4.74 Å². The van der Waals surface area contributed by atoms with Gasteiger partial charge in [0.15, 0.2) is 0 Å². The van der Waals surface area contributed by atoms with Gasteiger partial charge in [-0.15, -0.1) is 0 Å². The molecule has 0 radical (unpaired) electrons. The summed E-state index contributed by atoms with van der Waals surface area (Å²) in [4.78, 5) is 26.6. The minimum Gasteiger partial charge on any atom is -0.447 e. The number of hydrogen-bond donors (Lipinski definition) is 2. The van der Waals surface area contributed by atoms with Gasteiger partial charge < -0.3 is 15.2 Å². The summed E-state index contributed by atoms with van der Waals surface area (Å²) in [5, 5.41) is 13.1. The molecule has 1 amide bonds. The second kappa shape index (κ2) is 8.88. The number of nitrogens with zero attached hydrogens (tertiary/aromatic N) is 4. The van der Waals surface area contributed by atoms with Crippen LogP contribution >= 0.6 is 0 Å². The Kier molecular flexibility index (Phi) is 6.00. The maximum absolute atomic E-state index is 13.5. The maximum atomic E-state index is 13.5. The highest BCUT2D eigenvalue weighted by Gasteiger charge is 2.38. The molecule has 1 aliphatic rings. The lowest BCUT2D eigenvalue weighted by atomic mass is 10.0. The Morgan fingerprint density at radius 2 is 1.97 bits per heavy atom. The molecule has 32 heavy (non-hydrogen) atoms. The van der Waals surface area contributed by atoms with Gasteiger partial charge in [0.25, 0.3) is 0 Å². The summed E-state index contributed by atoms with van der Waals surface area (Å²) in [6.07, 6.45) is 1.96. The molecule has 1 saturated heterocycles. The number of aryl methyl sites for hydroxylation is 1. The van der Waals surface area contributed by atoms with Crippen molar-refractivity contribution in [2.24, 2.45) is 0 Å². The summed E-state index contributed by atoms with van der Waals surface area (Å²) in [5.41, 5.74) is 3.13. The second-order valence-corrected chi connectivity index (χ2v) is 7.80. The van der Waals surface area contributed by atoms with Crippen LogP contribution in [0.25, 0.3) is 11.1 Å². The third-order valence-corrected chi connectivity index (χ3v) is 5.42. The van der Waals surface area contributed by atoms with Crippen LogP contribution in [0.2, 0.25) is 0 Å². The smallest absolute Gasteiger partial charge is 0.416 e. The molecule has 8 nitrogen and oxygen atoms in total. The third-order valence-electron chi connectivity index (χ3n) is 5.42. The fraction of sp³-hybridized carbons (Fsp3) is 0.304. The molecule has 0 saturated carbocycles. The first kappa shape index (κ1) is 21.6. The molecule has 1 aromatic carbocycles. The fourth-order valence-electron chi connectivity index (χ4n) is 3.53. The topological polar surface area (TPSA) is 100 Å². The normalized spacial score (nSPS) is 17.7. The molecule has 1 unspecified atom stereocenters. The van der Waals surface area contributed by atoms with E-state index >= 15 is 0 Å². The lowest BCUT2D eigenvalue weighted by Gasteiger charge is -2.23. The Bertz CT molecular complexity index is 1120. The molecule has 166 valence electrons. The Labute approximate surface area is 185 Å². The zero-order valence-electron chi connectivity index (χ0n) is 18.0. The lowest BCUT2D eigenvalue weighted by molar-refractivity contribution is 0.142. The zero-order chi connectivity index (χ0) is 22.8. The molecule has 2 N–H and O–H groups in total. The summed E-state index contributed by atoms with van der Waals surface area (Å²) in [5.74, 6) is 0.428. The number of cyclic esters (lactones) is 1. The van der Waals surface area contributed by atoms with Crippen LogP contribution < -0.4 is 10.2 Å². The summed E-state index contributed by atoms with van der Waals surface area (Å²) >= 11 is 0. The number of carbonyl (C=O) groups is 1. The van der Waals surface area contributed by atoms with Crippen LogP contribution in [0, 0.1) is 12.7 Å². The molecule has 2 aromatic heterocycles. The molecule has 0 spiro atoms. The summed E-state index contributed by atoms with van der Waals surface area (Å²) in [6.45, 7) is 5.35. The highest BCUT2D eigenvalue weighted by Crippen LogP contribution is 2.26. The third kappa shape index (κ3) is 4.38. The minimum atomic E-state index is -0.764. The highest BCUT2D eigenvalue weighted by molar-refractivity contribution is 5.89. The number of hydrogen-bond acceptors (Lipinski definition) is 7. The highest BCUT2D eigenvalue weighted by atomic mass is 19.1. The molecular formula is C23H24FN5O3. The van der Waals surface area contributed by atoms with Crippen LogP contribution in [-0.2, 0) is 4.74 Å². The van der Waals surface area contributed by atoms with E-state index in [0.717, 1.165) is 16.8 Å². The van der Waals surface area contributed by atoms with Crippen molar-refractivity contribution in [3.63, 3.8) is 0 Å². The average Bonchev–Trinajstić information content (AvgIpc) is 3.18. The first-order chi connectivity index (χ1) is 15.3. The number of anilines is 2. The van der Waals surface area contributed by atoms with Crippen molar-refractivity contribution in [3.8, 4) is 11.1 Å². The van der Waals surface area contributed by atoms with Gasteiger partial charge in [0.1, 0.15) is 24.3 Å². The quantitative estimate of drug-likeness (QED) is 0.604. The van der Waals surface area contributed by atoms with Crippen molar-refractivity contribution >= 4 is 17.9 Å². The number of amides is 1. The number of benzene rings is 1. The van der Waals surface area contributed by atoms with Crippen LogP contribution in [0.1, 0.15) is 31.1 Å². The molecule has 3 heterocycles. The fourth-order valence-corrected chi connectivity index (χ4v) is 3.53. The van der Waals surface area contributed by atoms with Crippen LogP contribution in [0.5, 0.6) is 0 Å². The molecule has 1 aliphatic heterocycles. The average molecular weight is 437 g/mol. The molecule has 1 fully saturated rings. The predicted octanol–water partition coefficient (Wildman–Crippen LogP) is 3.87. The van der Waals surface area contributed by atoms with Crippen molar-refractivity contribution in [2.75, 3.05) is 16.8 Å². The SMILES string of the molecule is Cc1cc(-c2ccc([C@H](C)Nc3nccc(N4C(=O)OCC4[C@@H](C)O)n3)nc2)ccc1F. The van der Waals surface area contributed by atoms with Gasteiger partial charge in [-0.2, -0.15) is 4.98 Å². The molecule has 0 aliphatic carbocycles. The summed E-state index contributed by atoms with van der Waals surface area (Å²) < 4.78 is 18.6. The van der Waals surface area contributed by atoms with E-state index in [1.807, 2.05) is 19.1 Å². The van der Waals surface area contributed by atoms with Crippen LogP contribution in [0.4, 0.5) is 21.0 Å². The monoisotopic (exact) mass is 437 g/mol. The van der Waals surface area contributed by atoms with Crippen LogP contribution in [0.3, 0.4) is 0 Å². The molecular weight excluding hydrogens is 413 g/mol. The Morgan fingerprint density at radius 3 is 2.66 bits per heavy atom. The Morgan fingerprint density at radius 1 is 1.19 bits per heavy atom. The number of halogens is 1.